The first-order valence-electron chi connectivity index (χ1n) is 12.4. The van der Waals surface area contributed by atoms with Crippen molar-refractivity contribution in [1.29, 1.82) is 5.26 Å². The number of halogens is 3. The Morgan fingerprint density at radius 3 is 2.61 bits per heavy atom. The predicted octanol–water partition coefficient (Wildman–Crippen LogP) is 4.79. The van der Waals surface area contributed by atoms with Gasteiger partial charge in [-0.05, 0) is 70.5 Å². The van der Waals surface area contributed by atoms with E-state index in [2.05, 4.69) is 40.0 Å². The van der Waals surface area contributed by atoms with Crippen molar-refractivity contribution in [2.75, 3.05) is 31.1 Å². The molecule has 36 heavy (non-hydrogen) atoms. The molecule has 0 unspecified atom stereocenters. The van der Waals surface area contributed by atoms with E-state index in [1.807, 2.05) is 0 Å². The summed E-state index contributed by atoms with van der Waals surface area (Å²) < 4.78 is 49.7. The molecule has 1 aliphatic carbocycles. The van der Waals surface area contributed by atoms with Gasteiger partial charge >= 0.3 is 6.18 Å². The van der Waals surface area contributed by atoms with Gasteiger partial charge in [-0.2, -0.15) is 18.4 Å². The minimum atomic E-state index is -4.42. The molecular formula is C26H27F3N6O. The Kier molecular flexibility index (Phi) is 5.10. The SMILES string of the molecule is CC(C)N1CCC(c2nnc([C@]34CN(c5ccc(C#N)c6ncccc56)C[C@@]3(C(F)(F)F)C4)o2)CC1. The summed E-state index contributed by atoms with van der Waals surface area (Å²) in [4.78, 5) is 8.44. The number of piperidine rings is 2. The fourth-order valence-electron chi connectivity index (χ4n) is 6.35. The van der Waals surface area contributed by atoms with Crippen LogP contribution in [0.3, 0.4) is 0 Å². The van der Waals surface area contributed by atoms with E-state index in [0.29, 0.717) is 34.1 Å². The lowest BCUT2D eigenvalue weighted by Gasteiger charge is -2.33. The molecule has 0 radical (unpaired) electrons. The van der Waals surface area contributed by atoms with Crippen molar-refractivity contribution in [2.24, 2.45) is 5.41 Å². The van der Waals surface area contributed by atoms with E-state index in [-0.39, 0.29) is 31.3 Å². The van der Waals surface area contributed by atoms with Crippen LogP contribution in [0.15, 0.2) is 34.9 Å². The van der Waals surface area contributed by atoms with Gasteiger partial charge in [0.2, 0.25) is 11.8 Å². The zero-order valence-electron chi connectivity index (χ0n) is 20.2. The highest BCUT2D eigenvalue weighted by molar-refractivity contribution is 5.95. The summed E-state index contributed by atoms with van der Waals surface area (Å²) in [7, 11) is 0. The zero-order valence-corrected chi connectivity index (χ0v) is 20.2. The van der Waals surface area contributed by atoms with E-state index in [0.717, 1.165) is 25.9 Å². The summed E-state index contributed by atoms with van der Waals surface area (Å²) >= 11 is 0. The second-order valence-electron chi connectivity index (χ2n) is 10.7. The molecule has 0 N–H and O–H groups in total. The van der Waals surface area contributed by atoms with Gasteiger partial charge in [-0.3, -0.25) is 4.98 Å². The summed E-state index contributed by atoms with van der Waals surface area (Å²) in [6.45, 7) is 6.06. The summed E-state index contributed by atoms with van der Waals surface area (Å²) in [5, 5.41) is 18.6. The Balaban J connectivity index is 1.33. The molecule has 0 amide bonds. The average Bonchev–Trinajstić information content (AvgIpc) is 3.18. The lowest BCUT2D eigenvalue weighted by molar-refractivity contribution is -0.187. The summed E-state index contributed by atoms with van der Waals surface area (Å²) in [6, 6.07) is 9.44. The fourth-order valence-corrected chi connectivity index (χ4v) is 6.35. The number of pyridine rings is 1. The smallest absolute Gasteiger partial charge is 0.397 e. The van der Waals surface area contributed by atoms with Crippen LogP contribution in [0.25, 0.3) is 10.9 Å². The van der Waals surface area contributed by atoms with Gasteiger partial charge in [0.1, 0.15) is 11.5 Å². The lowest BCUT2D eigenvalue weighted by Crippen LogP contribution is -2.37. The van der Waals surface area contributed by atoms with Crippen molar-refractivity contribution >= 4 is 16.6 Å². The molecule has 6 rings (SSSR count). The summed E-state index contributed by atoms with van der Waals surface area (Å²) in [5.41, 5.74) is -1.69. The van der Waals surface area contributed by atoms with Crippen molar-refractivity contribution in [1.82, 2.24) is 20.1 Å². The predicted molar refractivity (Wildman–Crippen MR) is 126 cm³/mol. The minimum Gasteiger partial charge on any atom is -0.424 e. The normalized spacial score (nSPS) is 27.0. The van der Waals surface area contributed by atoms with E-state index in [9.17, 15) is 18.4 Å². The average molecular weight is 497 g/mol. The third-order valence-electron chi connectivity index (χ3n) is 8.53. The number of hydrogen-bond acceptors (Lipinski definition) is 7. The maximum absolute atomic E-state index is 14.5. The van der Waals surface area contributed by atoms with Crippen molar-refractivity contribution in [2.45, 2.75) is 56.7 Å². The standard InChI is InChI=1S/C26H27F3N6O/c1-16(2)34-10-7-17(8-11-34)22-32-33-23(36-22)24-13-25(24,26(27,28)29)15-35(14-24)20-6-5-18(12-30)21-19(20)4-3-9-31-21/h3-6,9,16-17H,7-8,10-11,13-15H2,1-2H3/t24-,25-/m0/s1. The Hall–Kier alpha value is -3.19. The van der Waals surface area contributed by atoms with Crippen LogP contribution >= 0.6 is 0 Å². The van der Waals surface area contributed by atoms with Crippen molar-refractivity contribution in [3.63, 3.8) is 0 Å². The highest BCUT2D eigenvalue weighted by atomic mass is 19.4. The molecule has 1 saturated carbocycles. The van der Waals surface area contributed by atoms with E-state index < -0.39 is 17.0 Å². The van der Waals surface area contributed by atoms with Crippen molar-refractivity contribution < 1.29 is 17.6 Å². The van der Waals surface area contributed by atoms with Crippen LogP contribution in [0.4, 0.5) is 18.9 Å². The third-order valence-corrected chi connectivity index (χ3v) is 8.53. The molecule has 2 atom stereocenters. The molecule has 188 valence electrons. The maximum atomic E-state index is 14.5. The number of rotatable bonds is 4. The maximum Gasteiger partial charge on any atom is 0.397 e. The highest BCUT2D eigenvalue weighted by Crippen LogP contribution is 2.75. The molecule has 1 aromatic carbocycles. The largest absolute Gasteiger partial charge is 0.424 e. The quantitative estimate of drug-likeness (QED) is 0.514. The first kappa shape index (κ1) is 23.2. The minimum absolute atomic E-state index is 0.0557. The number of likely N-dealkylation sites (tertiary alicyclic amines) is 1. The van der Waals surface area contributed by atoms with Gasteiger partial charge in [-0.25, -0.2) is 0 Å². The van der Waals surface area contributed by atoms with Crippen LogP contribution in [0.5, 0.6) is 0 Å². The molecule has 2 aromatic heterocycles. The Labute approximate surface area is 206 Å². The molecule has 7 nitrogen and oxygen atoms in total. The number of nitriles is 1. The molecular weight excluding hydrogens is 469 g/mol. The van der Waals surface area contributed by atoms with Crippen LogP contribution < -0.4 is 4.90 Å². The molecule has 2 saturated heterocycles. The number of anilines is 1. The van der Waals surface area contributed by atoms with Gasteiger partial charge < -0.3 is 14.2 Å². The summed E-state index contributed by atoms with van der Waals surface area (Å²) in [5.74, 6) is 0.625. The van der Waals surface area contributed by atoms with Crippen molar-refractivity contribution in [3.05, 3.63) is 47.8 Å². The van der Waals surface area contributed by atoms with Gasteiger partial charge in [0.25, 0.3) is 0 Å². The molecule has 4 heterocycles. The van der Waals surface area contributed by atoms with E-state index in [1.54, 1.807) is 35.4 Å². The monoisotopic (exact) mass is 496 g/mol. The molecule has 3 aliphatic rings. The van der Waals surface area contributed by atoms with Crippen LogP contribution in [0.1, 0.15) is 56.4 Å². The molecule has 3 aromatic rings. The summed E-state index contributed by atoms with van der Waals surface area (Å²) in [6.07, 6.45) is -1.18. The van der Waals surface area contributed by atoms with Crippen molar-refractivity contribution in [3.8, 4) is 6.07 Å². The second kappa shape index (κ2) is 7.90. The molecule has 0 bridgehead atoms. The Morgan fingerprint density at radius 2 is 1.92 bits per heavy atom. The zero-order chi connectivity index (χ0) is 25.3. The number of aromatic nitrogens is 3. The Morgan fingerprint density at radius 1 is 1.14 bits per heavy atom. The van der Waals surface area contributed by atoms with Gasteiger partial charge in [0, 0.05) is 42.3 Å². The van der Waals surface area contributed by atoms with Crippen LogP contribution in [-0.2, 0) is 5.41 Å². The second-order valence-corrected chi connectivity index (χ2v) is 10.7. The number of nitrogens with zero attached hydrogens (tertiary/aromatic N) is 6. The third kappa shape index (κ3) is 3.25. The first-order chi connectivity index (χ1) is 17.2. The van der Waals surface area contributed by atoms with Gasteiger partial charge in [0.05, 0.1) is 16.5 Å². The topological polar surface area (TPSA) is 82.1 Å². The molecule has 2 aliphatic heterocycles. The van der Waals surface area contributed by atoms with E-state index in [4.69, 9.17) is 4.42 Å². The lowest BCUT2D eigenvalue weighted by atomic mass is 9.95. The number of hydrogen-bond donors (Lipinski definition) is 0. The number of benzene rings is 1. The van der Waals surface area contributed by atoms with E-state index >= 15 is 0 Å². The highest BCUT2D eigenvalue weighted by Gasteiger charge is 2.86. The van der Waals surface area contributed by atoms with E-state index in [1.165, 1.54) is 0 Å². The fraction of sp³-hybridized carbons (Fsp3) is 0.538. The van der Waals surface area contributed by atoms with Crippen LogP contribution in [0, 0.1) is 16.7 Å². The van der Waals surface area contributed by atoms with Gasteiger partial charge in [-0.1, -0.05) is 0 Å². The molecule has 3 fully saturated rings. The van der Waals surface area contributed by atoms with Crippen LogP contribution in [0.2, 0.25) is 0 Å². The van der Waals surface area contributed by atoms with Crippen LogP contribution in [-0.4, -0.2) is 58.5 Å². The Bertz CT molecular complexity index is 1360. The molecule has 10 heteroatoms. The number of alkyl halides is 3. The van der Waals surface area contributed by atoms with Gasteiger partial charge in [-0.15, -0.1) is 10.2 Å². The molecule has 0 spiro atoms. The van der Waals surface area contributed by atoms with Gasteiger partial charge in [0.15, 0.2) is 0 Å². The first-order valence-corrected chi connectivity index (χ1v) is 12.4. The number of fused-ring (bicyclic) bond motifs is 2.